The van der Waals surface area contributed by atoms with Crippen molar-refractivity contribution in [3.63, 3.8) is 0 Å². The number of nitrogens with zero attached hydrogens (tertiary/aromatic N) is 2. The molecule has 0 saturated heterocycles. The van der Waals surface area contributed by atoms with Gasteiger partial charge in [0.15, 0.2) is 0 Å². The predicted octanol–water partition coefficient (Wildman–Crippen LogP) is -0.00640. The van der Waals surface area contributed by atoms with Gasteiger partial charge in [-0.1, -0.05) is 0 Å². The van der Waals surface area contributed by atoms with Crippen LogP contribution in [-0.4, -0.2) is 30.2 Å². The molecule has 0 aromatic carbocycles. The zero-order chi connectivity index (χ0) is 9.52. The third-order valence-corrected chi connectivity index (χ3v) is 1.47. The highest BCUT2D eigenvalue weighted by molar-refractivity contribution is 5.34. The van der Waals surface area contributed by atoms with Gasteiger partial charge in [0.25, 0.3) is 0 Å². The smallest absolute Gasteiger partial charge is 0.129 e. The molecular formula is C8H14N4O. The maximum atomic E-state index is 5.34. The quantitative estimate of drug-likeness (QED) is 0.670. The molecule has 5 nitrogen and oxygen atoms in total. The molecule has 1 aromatic heterocycles. The van der Waals surface area contributed by atoms with Gasteiger partial charge < -0.3 is 15.8 Å². The summed E-state index contributed by atoms with van der Waals surface area (Å²) in [6.07, 6.45) is 1.51. The van der Waals surface area contributed by atoms with Crippen molar-refractivity contribution in [2.24, 2.45) is 5.73 Å². The van der Waals surface area contributed by atoms with Crippen molar-refractivity contribution >= 4 is 5.82 Å². The number of anilines is 1. The molecule has 5 heteroatoms. The van der Waals surface area contributed by atoms with Crippen LogP contribution in [0.15, 0.2) is 12.4 Å². The zero-order valence-electron chi connectivity index (χ0n) is 7.66. The molecule has 0 bridgehead atoms. The molecule has 72 valence electrons. The van der Waals surface area contributed by atoms with E-state index in [2.05, 4.69) is 15.3 Å². The first-order valence-electron chi connectivity index (χ1n) is 4.10. The highest BCUT2D eigenvalue weighted by atomic mass is 16.5. The van der Waals surface area contributed by atoms with E-state index >= 15 is 0 Å². The lowest BCUT2D eigenvalue weighted by Gasteiger charge is -2.04. The van der Waals surface area contributed by atoms with Crippen LogP contribution in [0.3, 0.4) is 0 Å². The summed E-state index contributed by atoms with van der Waals surface area (Å²) >= 11 is 0. The van der Waals surface area contributed by atoms with Crippen LogP contribution in [0.4, 0.5) is 5.82 Å². The summed E-state index contributed by atoms with van der Waals surface area (Å²) < 4.78 is 4.94. The normalized spacial score (nSPS) is 10.0. The number of hydrogen-bond donors (Lipinski definition) is 2. The van der Waals surface area contributed by atoms with Crippen molar-refractivity contribution in [2.45, 2.75) is 6.61 Å². The summed E-state index contributed by atoms with van der Waals surface area (Å²) in [5.41, 5.74) is 6.20. The average molecular weight is 182 g/mol. The Bertz CT molecular complexity index is 254. The lowest BCUT2D eigenvalue weighted by atomic mass is 10.4. The number of hydrogen-bond acceptors (Lipinski definition) is 5. The Hall–Kier alpha value is -1.20. The minimum atomic E-state index is 0.500. The molecular weight excluding hydrogens is 168 g/mol. The Morgan fingerprint density at radius 1 is 1.54 bits per heavy atom. The Morgan fingerprint density at radius 2 is 2.38 bits per heavy atom. The van der Waals surface area contributed by atoms with Gasteiger partial charge >= 0.3 is 0 Å². The van der Waals surface area contributed by atoms with Crippen LogP contribution >= 0.6 is 0 Å². The molecule has 1 heterocycles. The van der Waals surface area contributed by atoms with Crippen molar-refractivity contribution in [3.8, 4) is 0 Å². The maximum absolute atomic E-state index is 5.34. The minimum absolute atomic E-state index is 0.500. The molecule has 0 atom stereocenters. The summed E-state index contributed by atoms with van der Waals surface area (Å²) in [6, 6.07) is 1.85. The highest BCUT2D eigenvalue weighted by Gasteiger charge is 1.96. The molecule has 1 rings (SSSR count). The summed E-state index contributed by atoms with van der Waals surface area (Å²) in [7, 11) is 1.63. The van der Waals surface area contributed by atoms with Gasteiger partial charge in [-0.3, -0.25) is 0 Å². The molecule has 3 N–H and O–H groups in total. The van der Waals surface area contributed by atoms with Gasteiger partial charge in [0.05, 0.1) is 12.3 Å². The third-order valence-electron chi connectivity index (χ3n) is 1.47. The van der Waals surface area contributed by atoms with Crippen molar-refractivity contribution in [3.05, 3.63) is 18.1 Å². The van der Waals surface area contributed by atoms with E-state index in [4.69, 9.17) is 10.5 Å². The second kappa shape index (κ2) is 5.45. The number of methoxy groups -OCH3 is 1. The van der Waals surface area contributed by atoms with Crippen LogP contribution in [0.2, 0.25) is 0 Å². The monoisotopic (exact) mass is 182 g/mol. The lowest BCUT2D eigenvalue weighted by Crippen LogP contribution is -2.14. The van der Waals surface area contributed by atoms with E-state index in [1.807, 2.05) is 6.07 Å². The van der Waals surface area contributed by atoms with Crippen LogP contribution in [0.1, 0.15) is 5.69 Å². The van der Waals surface area contributed by atoms with Gasteiger partial charge in [-0.2, -0.15) is 0 Å². The van der Waals surface area contributed by atoms with E-state index in [-0.39, 0.29) is 0 Å². The van der Waals surface area contributed by atoms with E-state index in [1.54, 1.807) is 7.11 Å². The number of nitrogens with one attached hydrogen (secondary N) is 1. The Balaban J connectivity index is 2.56. The summed E-state index contributed by atoms with van der Waals surface area (Å²) in [5.74, 6) is 0.785. The second-order valence-electron chi connectivity index (χ2n) is 2.54. The van der Waals surface area contributed by atoms with Crippen molar-refractivity contribution < 1.29 is 4.74 Å². The largest absolute Gasteiger partial charge is 0.378 e. The van der Waals surface area contributed by atoms with E-state index in [0.717, 1.165) is 11.5 Å². The molecule has 0 fully saturated rings. The molecule has 1 aromatic rings. The van der Waals surface area contributed by atoms with Crippen LogP contribution in [0.5, 0.6) is 0 Å². The van der Waals surface area contributed by atoms with Crippen LogP contribution < -0.4 is 11.1 Å². The van der Waals surface area contributed by atoms with Gasteiger partial charge in [0.2, 0.25) is 0 Å². The molecule has 0 radical (unpaired) electrons. The fraction of sp³-hybridized carbons (Fsp3) is 0.500. The number of nitrogens with two attached hydrogens (primary N) is 1. The van der Waals surface area contributed by atoms with Crippen LogP contribution in [-0.2, 0) is 11.3 Å². The first kappa shape index (κ1) is 9.88. The van der Waals surface area contributed by atoms with Crippen molar-refractivity contribution in [2.75, 3.05) is 25.5 Å². The van der Waals surface area contributed by atoms with Crippen molar-refractivity contribution in [1.82, 2.24) is 9.97 Å². The molecule has 0 spiro atoms. The SMILES string of the molecule is COCc1cc(NCCN)ncn1. The minimum Gasteiger partial charge on any atom is -0.378 e. The van der Waals surface area contributed by atoms with E-state index in [0.29, 0.717) is 19.7 Å². The van der Waals surface area contributed by atoms with Gasteiger partial charge in [-0.05, 0) is 0 Å². The van der Waals surface area contributed by atoms with Crippen LogP contribution in [0.25, 0.3) is 0 Å². The lowest BCUT2D eigenvalue weighted by molar-refractivity contribution is 0.181. The summed E-state index contributed by atoms with van der Waals surface area (Å²) in [4.78, 5) is 8.06. The van der Waals surface area contributed by atoms with Crippen LogP contribution in [0, 0.1) is 0 Å². The Labute approximate surface area is 77.3 Å². The van der Waals surface area contributed by atoms with Gasteiger partial charge in [-0.25, -0.2) is 9.97 Å². The van der Waals surface area contributed by atoms with E-state index in [9.17, 15) is 0 Å². The van der Waals surface area contributed by atoms with E-state index in [1.165, 1.54) is 6.33 Å². The third kappa shape index (κ3) is 3.35. The number of ether oxygens (including phenoxy) is 1. The van der Waals surface area contributed by atoms with Gasteiger partial charge in [0, 0.05) is 26.3 Å². The van der Waals surface area contributed by atoms with Gasteiger partial charge in [-0.15, -0.1) is 0 Å². The Morgan fingerprint density at radius 3 is 3.08 bits per heavy atom. The molecule has 0 amide bonds. The average Bonchev–Trinajstić information content (AvgIpc) is 2.16. The first-order chi connectivity index (χ1) is 6.36. The standard InChI is InChI=1S/C8H14N4O/c1-13-5-7-4-8(10-3-2-9)12-6-11-7/h4,6H,2-3,5,9H2,1H3,(H,10,11,12). The second-order valence-corrected chi connectivity index (χ2v) is 2.54. The molecule has 0 unspecified atom stereocenters. The van der Waals surface area contributed by atoms with Gasteiger partial charge in [0.1, 0.15) is 12.1 Å². The maximum Gasteiger partial charge on any atom is 0.129 e. The molecule has 13 heavy (non-hydrogen) atoms. The topological polar surface area (TPSA) is 73.1 Å². The number of aromatic nitrogens is 2. The Kier molecular flexibility index (Phi) is 4.14. The molecule has 0 aliphatic rings. The highest BCUT2D eigenvalue weighted by Crippen LogP contribution is 2.03. The molecule has 0 saturated carbocycles. The summed E-state index contributed by atoms with van der Waals surface area (Å²) in [5, 5.41) is 3.06. The fourth-order valence-corrected chi connectivity index (χ4v) is 0.921. The molecule has 0 aliphatic heterocycles. The predicted molar refractivity (Wildman–Crippen MR) is 50.3 cm³/mol. The van der Waals surface area contributed by atoms with E-state index < -0.39 is 0 Å². The van der Waals surface area contributed by atoms with Crippen molar-refractivity contribution in [1.29, 1.82) is 0 Å². The molecule has 0 aliphatic carbocycles. The number of rotatable bonds is 5. The summed E-state index contributed by atoms with van der Waals surface area (Å²) in [6.45, 7) is 1.80. The first-order valence-corrected chi connectivity index (χ1v) is 4.10. The zero-order valence-corrected chi connectivity index (χ0v) is 7.66. The fourth-order valence-electron chi connectivity index (χ4n) is 0.921.